The number of piperazine rings is 1. The van der Waals surface area contributed by atoms with Crippen molar-refractivity contribution >= 4 is 33.5 Å². The van der Waals surface area contributed by atoms with Crippen LogP contribution in [0.3, 0.4) is 0 Å². The first kappa shape index (κ1) is 23.1. The number of rotatable bonds is 6. The third kappa shape index (κ3) is 5.53. The maximum absolute atomic E-state index is 12.3. The lowest BCUT2D eigenvalue weighted by molar-refractivity contribution is 0.182. The van der Waals surface area contributed by atoms with Crippen LogP contribution >= 0.6 is 11.5 Å². The highest BCUT2D eigenvalue weighted by Crippen LogP contribution is 2.31. The predicted molar refractivity (Wildman–Crippen MR) is 139 cm³/mol. The molecule has 2 heterocycles. The number of aromatic nitrogens is 1. The quantitative estimate of drug-likeness (QED) is 0.510. The normalized spacial score (nSPS) is 21.5. The molecule has 3 aromatic rings. The number of para-hydroxylation sites is 1. The number of ether oxygens (including phenoxy) is 1. The topological polar surface area (TPSA) is 57.7 Å². The van der Waals surface area contributed by atoms with Crippen LogP contribution in [0.15, 0.2) is 48.5 Å². The number of hydrogen-bond acceptors (Lipinski definition) is 6. The third-order valence-corrected chi connectivity index (χ3v) is 8.17. The number of carbonyl (C=O) groups excluding carboxylic acids is 1. The van der Waals surface area contributed by atoms with E-state index in [0.717, 1.165) is 56.3 Å². The summed E-state index contributed by atoms with van der Waals surface area (Å²) in [5.41, 5.74) is 0.974. The van der Waals surface area contributed by atoms with Crippen LogP contribution in [-0.4, -0.2) is 54.1 Å². The number of carbonyl (C=O) groups is 1. The summed E-state index contributed by atoms with van der Waals surface area (Å²) in [5, 5.41) is 4.36. The molecule has 1 aromatic heterocycles. The summed E-state index contributed by atoms with van der Waals surface area (Å²) < 4.78 is 11.5. The highest BCUT2D eigenvalue weighted by molar-refractivity contribution is 7.13. The molecule has 7 heteroatoms. The number of hydrogen-bond donors (Lipinski definition) is 1. The van der Waals surface area contributed by atoms with Crippen molar-refractivity contribution in [2.45, 2.75) is 45.1 Å². The molecule has 1 N–H and O–H groups in total. The molecule has 0 bridgehead atoms. The minimum Gasteiger partial charge on any atom is -0.410 e. The van der Waals surface area contributed by atoms with Crippen molar-refractivity contribution in [2.75, 3.05) is 37.6 Å². The molecule has 5 rings (SSSR count). The second-order valence-electron chi connectivity index (χ2n) is 9.64. The van der Waals surface area contributed by atoms with Crippen LogP contribution in [0.25, 0.3) is 10.1 Å². The summed E-state index contributed by atoms with van der Waals surface area (Å²) in [7, 11) is 0. The van der Waals surface area contributed by atoms with E-state index < -0.39 is 0 Å². The smallest absolute Gasteiger partial charge is 0.410 e. The Morgan fingerprint density at radius 1 is 1.03 bits per heavy atom. The van der Waals surface area contributed by atoms with Crippen LogP contribution in [-0.2, 0) is 0 Å². The fourth-order valence-corrected chi connectivity index (χ4v) is 6.01. The molecule has 2 aromatic carbocycles. The van der Waals surface area contributed by atoms with Gasteiger partial charge in [0.25, 0.3) is 0 Å². The monoisotopic (exact) mass is 478 g/mol. The van der Waals surface area contributed by atoms with E-state index in [1.54, 1.807) is 11.5 Å². The molecule has 1 amide bonds. The van der Waals surface area contributed by atoms with E-state index in [9.17, 15) is 4.79 Å². The van der Waals surface area contributed by atoms with Gasteiger partial charge in [0.1, 0.15) is 11.6 Å². The van der Waals surface area contributed by atoms with Gasteiger partial charge in [-0.25, -0.2) is 4.79 Å². The Morgan fingerprint density at radius 3 is 2.56 bits per heavy atom. The highest BCUT2D eigenvalue weighted by Gasteiger charge is 2.25. The van der Waals surface area contributed by atoms with Gasteiger partial charge in [-0.3, -0.25) is 4.90 Å². The van der Waals surface area contributed by atoms with E-state index in [-0.39, 0.29) is 12.1 Å². The van der Waals surface area contributed by atoms with Gasteiger partial charge in [-0.2, -0.15) is 4.37 Å². The van der Waals surface area contributed by atoms with Crippen LogP contribution in [0.2, 0.25) is 0 Å². The van der Waals surface area contributed by atoms with E-state index >= 15 is 0 Å². The first-order chi connectivity index (χ1) is 16.7. The third-order valence-electron chi connectivity index (χ3n) is 7.35. The maximum atomic E-state index is 12.3. The summed E-state index contributed by atoms with van der Waals surface area (Å²) in [6.45, 7) is 7.43. The molecule has 0 atom stereocenters. The highest BCUT2D eigenvalue weighted by atomic mass is 32.1. The van der Waals surface area contributed by atoms with Gasteiger partial charge in [0.2, 0.25) is 0 Å². The van der Waals surface area contributed by atoms with Gasteiger partial charge in [0, 0.05) is 37.6 Å². The number of anilines is 1. The molecule has 1 aliphatic heterocycles. The molecule has 6 nitrogen and oxygen atoms in total. The predicted octanol–water partition coefficient (Wildman–Crippen LogP) is 5.46. The second-order valence-corrected chi connectivity index (χ2v) is 10.4. The minimum atomic E-state index is -0.330. The Bertz CT molecular complexity index is 1100. The number of aryl methyl sites for hydroxylation is 1. The van der Waals surface area contributed by atoms with Crippen LogP contribution in [0.5, 0.6) is 5.75 Å². The van der Waals surface area contributed by atoms with Crippen molar-refractivity contribution < 1.29 is 9.53 Å². The lowest BCUT2D eigenvalue weighted by Crippen LogP contribution is -2.47. The van der Waals surface area contributed by atoms with E-state index in [1.165, 1.54) is 35.9 Å². The lowest BCUT2D eigenvalue weighted by Gasteiger charge is -2.36. The van der Waals surface area contributed by atoms with E-state index in [4.69, 9.17) is 9.11 Å². The van der Waals surface area contributed by atoms with Crippen LogP contribution in [0, 0.1) is 12.8 Å². The van der Waals surface area contributed by atoms with Gasteiger partial charge < -0.3 is 15.0 Å². The molecule has 1 saturated carbocycles. The van der Waals surface area contributed by atoms with Crippen molar-refractivity contribution in [3.8, 4) is 5.75 Å². The van der Waals surface area contributed by atoms with E-state index in [0.29, 0.717) is 5.75 Å². The molecule has 1 aliphatic carbocycles. The van der Waals surface area contributed by atoms with Gasteiger partial charge in [0.05, 0.1) is 4.70 Å². The number of nitrogens with one attached hydrogen (secondary N) is 1. The van der Waals surface area contributed by atoms with Crippen molar-refractivity contribution in [3.05, 3.63) is 54.1 Å². The van der Waals surface area contributed by atoms with Crippen molar-refractivity contribution in [3.63, 3.8) is 0 Å². The molecule has 1 saturated heterocycles. The first-order valence-corrected chi connectivity index (χ1v) is 13.3. The average molecular weight is 479 g/mol. The second kappa shape index (κ2) is 10.7. The van der Waals surface area contributed by atoms with Gasteiger partial charge in [0.15, 0.2) is 0 Å². The summed E-state index contributed by atoms with van der Waals surface area (Å²) in [6.07, 6.45) is 5.36. The van der Waals surface area contributed by atoms with Crippen LogP contribution in [0.1, 0.15) is 37.7 Å². The van der Waals surface area contributed by atoms with Gasteiger partial charge in [-0.1, -0.05) is 30.3 Å². The Hall–Kier alpha value is -2.64. The summed E-state index contributed by atoms with van der Waals surface area (Å²) in [4.78, 5) is 17.3. The molecule has 0 spiro atoms. The van der Waals surface area contributed by atoms with E-state index in [1.807, 2.05) is 31.2 Å². The summed E-state index contributed by atoms with van der Waals surface area (Å²) in [6, 6.07) is 16.4. The zero-order valence-corrected chi connectivity index (χ0v) is 20.7. The standard InChI is InChI=1S/C27H34N4O2S/c1-20-6-2-4-8-24(20)33-27(32)28-22-12-10-21(11-13-22)14-15-30-16-18-31(19-17-30)26-23-7-3-5-9-25(23)34-29-26/h2-9,21-22H,10-19H2,1H3,(H,28,32)/t21-,22-. The largest absolute Gasteiger partial charge is 0.412 e. The van der Waals surface area contributed by atoms with Crippen LogP contribution < -0.4 is 15.0 Å². The maximum Gasteiger partial charge on any atom is 0.412 e. The zero-order chi connectivity index (χ0) is 23.3. The number of fused-ring (bicyclic) bond motifs is 1. The fraction of sp³-hybridized carbons (Fsp3) is 0.481. The first-order valence-electron chi connectivity index (χ1n) is 12.5. The average Bonchev–Trinajstić information content (AvgIpc) is 3.30. The van der Waals surface area contributed by atoms with Gasteiger partial charge >= 0.3 is 6.09 Å². The number of amides is 1. The molecule has 34 heavy (non-hydrogen) atoms. The minimum absolute atomic E-state index is 0.226. The number of nitrogens with zero attached hydrogens (tertiary/aromatic N) is 3. The van der Waals surface area contributed by atoms with E-state index in [2.05, 4.69) is 39.4 Å². The Balaban J connectivity index is 1.01. The molecular weight excluding hydrogens is 444 g/mol. The molecular formula is C27H34N4O2S. The van der Waals surface area contributed by atoms with Crippen molar-refractivity contribution in [2.24, 2.45) is 5.92 Å². The molecule has 2 fully saturated rings. The molecule has 180 valence electrons. The Labute approximate surface area is 206 Å². The fourth-order valence-electron chi connectivity index (χ4n) is 5.21. The van der Waals surface area contributed by atoms with Crippen LogP contribution in [0.4, 0.5) is 10.6 Å². The summed E-state index contributed by atoms with van der Waals surface area (Å²) >= 11 is 1.60. The molecule has 0 unspecified atom stereocenters. The Morgan fingerprint density at radius 2 is 1.76 bits per heavy atom. The zero-order valence-electron chi connectivity index (χ0n) is 19.9. The van der Waals surface area contributed by atoms with Gasteiger partial charge in [-0.05, 0) is 86.8 Å². The lowest BCUT2D eigenvalue weighted by atomic mass is 9.84. The molecule has 2 aliphatic rings. The SMILES string of the molecule is Cc1ccccc1OC(=O)N[C@H]1CC[C@H](CCN2CCN(c3nsc4ccccc34)CC2)CC1. The number of benzene rings is 2. The Kier molecular flexibility index (Phi) is 7.30. The van der Waals surface area contributed by atoms with Crippen molar-refractivity contribution in [1.82, 2.24) is 14.6 Å². The van der Waals surface area contributed by atoms with Gasteiger partial charge in [-0.15, -0.1) is 0 Å². The van der Waals surface area contributed by atoms with Crippen molar-refractivity contribution in [1.29, 1.82) is 0 Å². The summed E-state index contributed by atoms with van der Waals surface area (Å²) in [5.74, 6) is 2.55. The molecule has 0 radical (unpaired) electrons.